The summed E-state index contributed by atoms with van der Waals surface area (Å²) in [4.78, 5) is 8.52. The van der Waals surface area contributed by atoms with Crippen molar-refractivity contribution >= 4 is 17.0 Å². The Hall–Kier alpha value is -2.48. The van der Waals surface area contributed by atoms with Crippen molar-refractivity contribution in [1.29, 1.82) is 0 Å². The maximum absolute atomic E-state index is 13.8. The topological polar surface area (TPSA) is 91.7 Å². The van der Waals surface area contributed by atoms with E-state index in [0.717, 1.165) is 17.8 Å². The summed E-state index contributed by atoms with van der Waals surface area (Å²) < 4.78 is 15.7. The molecule has 3 atom stereocenters. The van der Waals surface area contributed by atoms with Crippen molar-refractivity contribution in [3.8, 4) is 0 Å². The molecule has 0 aliphatic heterocycles. The maximum Gasteiger partial charge on any atom is 0.203 e. The van der Waals surface area contributed by atoms with Gasteiger partial charge in [0.15, 0.2) is 5.82 Å². The van der Waals surface area contributed by atoms with E-state index in [1.807, 2.05) is 17.7 Å². The number of aromatic amines is 1. The second-order valence-electron chi connectivity index (χ2n) is 6.35. The van der Waals surface area contributed by atoms with Crippen LogP contribution in [0.25, 0.3) is 11.0 Å². The Labute approximate surface area is 137 Å². The van der Waals surface area contributed by atoms with Crippen LogP contribution in [0.15, 0.2) is 24.5 Å². The zero-order valence-electron chi connectivity index (χ0n) is 13.3. The van der Waals surface area contributed by atoms with Gasteiger partial charge in [-0.2, -0.15) is 5.10 Å². The Morgan fingerprint density at radius 1 is 1.42 bits per heavy atom. The van der Waals surface area contributed by atoms with Crippen molar-refractivity contribution in [1.82, 2.24) is 24.7 Å². The highest BCUT2D eigenvalue weighted by molar-refractivity contribution is 5.79. The molecule has 4 rings (SSSR count). The molecule has 0 amide bonds. The zero-order valence-corrected chi connectivity index (χ0v) is 13.3. The molecule has 3 N–H and O–H groups in total. The third-order valence-electron chi connectivity index (χ3n) is 4.86. The summed E-state index contributed by atoms with van der Waals surface area (Å²) in [5.41, 5.74) is 1.10. The summed E-state index contributed by atoms with van der Waals surface area (Å²) in [6.45, 7) is 0.574. The highest BCUT2D eigenvalue weighted by atomic mass is 19.1. The minimum absolute atomic E-state index is 0.0877. The van der Waals surface area contributed by atoms with Crippen LogP contribution in [0.2, 0.25) is 0 Å². The molecule has 0 bridgehead atoms. The normalized spacial score (nSPS) is 23.9. The summed E-state index contributed by atoms with van der Waals surface area (Å²) in [6, 6.07) is 4.91. The van der Waals surface area contributed by atoms with Gasteiger partial charge in [0, 0.05) is 25.4 Å². The van der Waals surface area contributed by atoms with Gasteiger partial charge in [-0.05, 0) is 25.0 Å². The second kappa shape index (κ2) is 5.86. The molecule has 126 valence electrons. The summed E-state index contributed by atoms with van der Waals surface area (Å²) in [7, 11) is 1.85. The van der Waals surface area contributed by atoms with Crippen LogP contribution in [0.1, 0.15) is 24.6 Å². The summed E-state index contributed by atoms with van der Waals surface area (Å²) in [6.07, 6.45) is 2.57. The van der Waals surface area contributed by atoms with E-state index >= 15 is 0 Å². The fraction of sp³-hybridized carbons (Fsp3) is 0.438. The molecule has 24 heavy (non-hydrogen) atoms. The standard InChI is InChI=1S/C16H19FN6O/c1-23-12-4-2-3-11(17)14(12)21-16(23)18-7-10-5-9(6-13(10)24)15-19-8-20-22-15/h2-4,8-10,13,24H,5-7H2,1H3,(H,18,21)(H,19,20,22)/t9-,10+,13+/m1/s1. The van der Waals surface area contributed by atoms with Crippen LogP contribution in [0.5, 0.6) is 0 Å². The first-order valence-electron chi connectivity index (χ1n) is 8.01. The SMILES string of the molecule is Cn1c(NC[C@@H]2C[C@@H](c3ncn[nH]3)C[C@@H]2O)nc2c(F)cccc21. The first-order chi connectivity index (χ1) is 11.6. The molecule has 3 aromatic rings. The predicted molar refractivity (Wildman–Crippen MR) is 87.0 cm³/mol. The molecule has 0 unspecified atom stereocenters. The van der Waals surface area contributed by atoms with Gasteiger partial charge in [-0.1, -0.05) is 6.07 Å². The van der Waals surface area contributed by atoms with E-state index in [0.29, 0.717) is 24.4 Å². The molecule has 0 saturated heterocycles. The number of aliphatic hydroxyl groups is 1. The number of anilines is 1. The molecule has 0 radical (unpaired) electrons. The number of aliphatic hydroxyl groups excluding tert-OH is 1. The molecule has 0 spiro atoms. The Kier molecular flexibility index (Phi) is 3.68. The monoisotopic (exact) mass is 330 g/mol. The lowest BCUT2D eigenvalue weighted by Gasteiger charge is -2.15. The van der Waals surface area contributed by atoms with Gasteiger partial charge in [-0.15, -0.1) is 0 Å². The lowest BCUT2D eigenvalue weighted by atomic mass is 10.0. The fourth-order valence-electron chi connectivity index (χ4n) is 3.52. The van der Waals surface area contributed by atoms with Crippen LogP contribution in [0.3, 0.4) is 0 Å². The minimum Gasteiger partial charge on any atom is -0.393 e. The number of H-pyrrole nitrogens is 1. The third kappa shape index (κ3) is 2.52. The molecule has 1 fully saturated rings. The number of fused-ring (bicyclic) bond motifs is 1. The molecular weight excluding hydrogens is 311 g/mol. The van der Waals surface area contributed by atoms with Crippen molar-refractivity contribution in [3.05, 3.63) is 36.2 Å². The molecule has 1 saturated carbocycles. The smallest absolute Gasteiger partial charge is 0.203 e. The van der Waals surface area contributed by atoms with Gasteiger partial charge in [0.25, 0.3) is 0 Å². The largest absolute Gasteiger partial charge is 0.393 e. The zero-order chi connectivity index (χ0) is 16.7. The van der Waals surface area contributed by atoms with E-state index in [-0.39, 0.29) is 17.7 Å². The molecule has 8 heteroatoms. The van der Waals surface area contributed by atoms with Gasteiger partial charge in [0.05, 0.1) is 11.6 Å². The van der Waals surface area contributed by atoms with Crippen LogP contribution in [-0.2, 0) is 7.05 Å². The Morgan fingerprint density at radius 3 is 3.04 bits per heavy atom. The lowest BCUT2D eigenvalue weighted by Crippen LogP contribution is -2.23. The number of halogens is 1. The van der Waals surface area contributed by atoms with Crippen LogP contribution in [-0.4, -0.2) is 42.5 Å². The average Bonchev–Trinajstić information content (AvgIpc) is 3.27. The average molecular weight is 330 g/mol. The van der Waals surface area contributed by atoms with Crippen molar-refractivity contribution in [2.24, 2.45) is 13.0 Å². The van der Waals surface area contributed by atoms with Crippen LogP contribution in [0, 0.1) is 11.7 Å². The number of imidazole rings is 1. The molecule has 1 aromatic carbocycles. The Bertz CT molecular complexity index is 846. The van der Waals surface area contributed by atoms with Gasteiger partial charge in [-0.3, -0.25) is 5.10 Å². The first-order valence-corrected chi connectivity index (χ1v) is 8.01. The van der Waals surface area contributed by atoms with Crippen LogP contribution < -0.4 is 5.32 Å². The molecule has 1 aliphatic carbocycles. The van der Waals surface area contributed by atoms with Crippen LogP contribution in [0.4, 0.5) is 10.3 Å². The number of hydrogen-bond donors (Lipinski definition) is 3. The highest BCUT2D eigenvalue weighted by Crippen LogP contribution is 2.37. The number of para-hydroxylation sites is 1. The molecule has 1 aliphatic rings. The molecule has 7 nitrogen and oxygen atoms in total. The van der Waals surface area contributed by atoms with E-state index < -0.39 is 6.10 Å². The van der Waals surface area contributed by atoms with E-state index in [2.05, 4.69) is 25.5 Å². The Morgan fingerprint density at radius 2 is 2.29 bits per heavy atom. The van der Waals surface area contributed by atoms with Gasteiger partial charge in [-0.25, -0.2) is 14.4 Å². The van der Waals surface area contributed by atoms with E-state index in [9.17, 15) is 9.50 Å². The minimum atomic E-state index is -0.404. The molecule has 2 aromatic heterocycles. The summed E-state index contributed by atoms with van der Waals surface area (Å²) in [5.74, 6) is 1.37. The summed E-state index contributed by atoms with van der Waals surface area (Å²) >= 11 is 0. The van der Waals surface area contributed by atoms with Gasteiger partial charge >= 0.3 is 0 Å². The number of benzene rings is 1. The number of nitrogens with one attached hydrogen (secondary N) is 2. The van der Waals surface area contributed by atoms with Crippen molar-refractivity contribution in [2.45, 2.75) is 24.9 Å². The van der Waals surface area contributed by atoms with Crippen LogP contribution >= 0.6 is 0 Å². The molecule has 2 heterocycles. The number of aryl methyl sites for hydroxylation is 1. The maximum atomic E-state index is 13.8. The number of hydrogen-bond acceptors (Lipinski definition) is 5. The number of rotatable bonds is 4. The van der Waals surface area contributed by atoms with Gasteiger partial charge < -0.3 is 15.0 Å². The predicted octanol–water partition coefficient (Wildman–Crippen LogP) is 1.80. The number of nitrogens with zero attached hydrogens (tertiary/aromatic N) is 4. The van der Waals surface area contributed by atoms with E-state index in [1.165, 1.54) is 12.4 Å². The quantitative estimate of drug-likeness (QED) is 0.678. The van der Waals surface area contributed by atoms with Crippen molar-refractivity contribution < 1.29 is 9.50 Å². The Balaban J connectivity index is 1.47. The highest BCUT2D eigenvalue weighted by Gasteiger charge is 2.35. The van der Waals surface area contributed by atoms with E-state index in [1.54, 1.807) is 6.07 Å². The number of aromatic nitrogens is 5. The van der Waals surface area contributed by atoms with Gasteiger partial charge in [0.1, 0.15) is 17.7 Å². The van der Waals surface area contributed by atoms with E-state index in [4.69, 9.17) is 0 Å². The lowest BCUT2D eigenvalue weighted by molar-refractivity contribution is 0.137. The van der Waals surface area contributed by atoms with Crippen molar-refractivity contribution in [2.75, 3.05) is 11.9 Å². The third-order valence-corrected chi connectivity index (χ3v) is 4.86. The van der Waals surface area contributed by atoms with Crippen molar-refractivity contribution in [3.63, 3.8) is 0 Å². The summed E-state index contributed by atoms with van der Waals surface area (Å²) in [5, 5.41) is 20.3. The fourth-order valence-corrected chi connectivity index (χ4v) is 3.52. The van der Waals surface area contributed by atoms with Gasteiger partial charge in [0.2, 0.25) is 5.95 Å². The first kappa shape index (κ1) is 15.1. The second-order valence-corrected chi connectivity index (χ2v) is 6.35. The molecular formula is C16H19FN6O.